The molecule has 0 unspecified atom stereocenters. The molecular weight excluding hydrogens is 231 g/mol. The van der Waals surface area contributed by atoms with E-state index in [1.165, 1.54) is 13.0 Å². The van der Waals surface area contributed by atoms with Gasteiger partial charge in [-0.25, -0.2) is 0 Å². The SMILES string of the molecule is CC(=O)Cc1c[nH]c2ccc(C(F)(F)F)cc12. The van der Waals surface area contributed by atoms with Gasteiger partial charge in [0.2, 0.25) is 0 Å². The van der Waals surface area contributed by atoms with Crippen molar-refractivity contribution in [1.82, 2.24) is 4.98 Å². The number of Topliss-reactive ketones (excluding diaryl/α,β-unsaturated/α-hetero) is 1. The van der Waals surface area contributed by atoms with E-state index in [-0.39, 0.29) is 12.2 Å². The smallest absolute Gasteiger partial charge is 0.361 e. The third-order valence-electron chi connectivity index (χ3n) is 2.53. The van der Waals surface area contributed by atoms with Crippen LogP contribution in [-0.2, 0) is 17.4 Å². The van der Waals surface area contributed by atoms with E-state index in [1.807, 2.05) is 0 Å². The van der Waals surface area contributed by atoms with Gasteiger partial charge in [-0.15, -0.1) is 0 Å². The van der Waals surface area contributed by atoms with E-state index in [4.69, 9.17) is 0 Å². The lowest BCUT2D eigenvalue weighted by Gasteiger charge is -2.06. The van der Waals surface area contributed by atoms with Gasteiger partial charge in [0, 0.05) is 23.5 Å². The zero-order chi connectivity index (χ0) is 12.6. The average molecular weight is 241 g/mol. The van der Waals surface area contributed by atoms with Gasteiger partial charge in [-0.3, -0.25) is 4.79 Å². The molecule has 2 nitrogen and oxygen atoms in total. The summed E-state index contributed by atoms with van der Waals surface area (Å²) >= 11 is 0. The van der Waals surface area contributed by atoms with Crippen molar-refractivity contribution in [1.29, 1.82) is 0 Å². The third-order valence-corrected chi connectivity index (χ3v) is 2.53. The van der Waals surface area contributed by atoms with Crippen molar-refractivity contribution >= 4 is 16.7 Å². The minimum atomic E-state index is -4.36. The molecule has 0 aliphatic heterocycles. The number of fused-ring (bicyclic) bond motifs is 1. The number of halogens is 3. The van der Waals surface area contributed by atoms with Crippen LogP contribution in [0.2, 0.25) is 0 Å². The number of carbonyl (C=O) groups is 1. The zero-order valence-electron chi connectivity index (χ0n) is 9.06. The molecule has 0 fully saturated rings. The van der Waals surface area contributed by atoms with Gasteiger partial charge in [0.25, 0.3) is 0 Å². The monoisotopic (exact) mass is 241 g/mol. The predicted molar refractivity (Wildman–Crippen MR) is 57.7 cm³/mol. The van der Waals surface area contributed by atoms with E-state index in [1.54, 1.807) is 6.20 Å². The highest BCUT2D eigenvalue weighted by atomic mass is 19.4. The zero-order valence-corrected chi connectivity index (χ0v) is 9.06. The fraction of sp³-hybridized carbons (Fsp3) is 0.250. The van der Waals surface area contributed by atoms with E-state index in [0.29, 0.717) is 16.5 Å². The first-order valence-corrected chi connectivity index (χ1v) is 5.04. The fourth-order valence-electron chi connectivity index (χ4n) is 1.77. The lowest BCUT2D eigenvalue weighted by atomic mass is 10.1. The molecule has 1 aromatic carbocycles. The Balaban J connectivity index is 2.54. The summed E-state index contributed by atoms with van der Waals surface area (Å²) in [6, 6.07) is 3.47. The van der Waals surface area contributed by atoms with Gasteiger partial charge in [0.1, 0.15) is 5.78 Å². The van der Waals surface area contributed by atoms with Crippen LogP contribution in [-0.4, -0.2) is 10.8 Å². The van der Waals surface area contributed by atoms with Crippen molar-refractivity contribution in [3.8, 4) is 0 Å². The average Bonchev–Trinajstić information content (AvgIpc) is 2.59. The molecule has 1 heterocycles. The number of H-pyrrole nitrogens is 1. The predicted octanol–water partition coefficient (Wildman–Crippen LogP) is 3.32. The minimum Gasteiger partial charge on any atom is -0.361 e. The molecule has 0 aliphatic carbocycles. The van der Waals surface area contributed by atoms with Crippen molar-refractivity contribution in [2.45, 2.75) is 19.5 Å². The van der Waals surface area contributed by atoms with E-state index >= 15 is 0 Å². The van der Waals surface area contributed by atoms with E-state index in [9.17, 15) is 18.0 Å². The highest BCUT2D eigenvalue weighted by Crippen LogP contribution is 2.32. The van der Waals surface area contributed by atoms with Crippen molar-refractivity contribution < 1.29 is 18.0 Å². The van der Waals surface area contributed by atoms with Gasteiger partial charge in [-0.1, -0.05) is 0 Å². The number of benzene rings is 1. The largest absolute Gasteiger partial charge is 0.416 e. The topological polar surface area (TPSA) is 32.9 Å². The molecule has 0 saturated carbocycles. The summed E-state index contributed by atoms with van der Waals surface area (Å²) < 4.78 is 37.6. The summed E-state index contributed by atoms with van der Waals surface area (Å²) in [5, 5.41) is 0.454. The van der Waals surface area contributed by atoms with Crippen molar-refractivity contribution in [2.24, 2.45) is 0 Å². The molecule has 1 aromatic heterocycles. The van der Waals surface area contributed by atoms with E-state index in [0.717, 1.165) is 12.1 Å². The maximum Gasteiger partial charge on any atom is 0.416 e. The first-order chi connectivity index (χ1) is 7.88. The fourth-order valence-corrected chi connectivity index (χ4v) is 1.77. The van der Waals surface area contributed by atoms with Crippen LogP contribution in [0.1, 0.15) is 18.1 Å². The Morgan fingerprint density at radius 2 is 2.06 bits per heavy atom. The molecule has 0 spiro atoms. The Bertz CT molecular complexity index is 569. The Morgan fingerprint density at radius 3 is 2.65 bits per heavy atom. The molecule has 5 heteroatoms. The second-order valence-corrected chi connectivity index (χ2v) is 3.95. The number of carbonyl (C=O) groups excluding carboxylic acids is 1. The van der Waals surface area contributed by atoms with Crippen LogP contribution in [0.15, 0.2) is 24.4 Å². The molecule has 90 valence electrons. The quantitative estimate of drug-likeness (QED) is 0.859. The lowest BCUT2D eigenvalue weighted by Crippen LogP contribution is -2.04. The number of hydrogen-bond donors (Lipinski definition) is 1. The van der Waals surface area contributed by atoms with Crippen LogP contribution in [0.5, 0.6) is 0 Å². The van der Waals surface area contributed by atoms with Crippen molar-refractivity contribution in [2.75, 3.05) is 0 Å². The van der Waals surface area contributed by atoms with Crippen LogP contribution in [0.3, 0.4) is 0 Å². The first-order valence-electron chi connectivity index (χ1n) is 5.04. The molecule has 0 bridgehead atoms. The van der Waals surface area contributed by atoms with Crippen LogP contribution in [0, 0.1) is 0 Å². The molecule has 2 rings (SSSR count). The van der Waals surface area contributed by atoms with E-state index in [2.05, 4.69) is 4.98 Å². The number of ketones is 1. The van der Waals surface area contributed by atoms with Crippen LogP contribution in [0.4, 0.5) is 13.2 Å². The number of nitrogens with one attached hydrogen (secondary N) is 1. The van der Waals surface area contributed by atoms with E-state index < -0.39 is 11.7 Å². The van der Waals surface area contributed by atoms with Gasteiger partial charge in [0.15, 0.2) is 0 Å². The summed E-state index contributed by atoms with van der Waals surface area (Å²) in [6.45, 7) is 1.41. The summed E-state index contributed by atoms with van der Waals surface area (Å²) in [7, 11) is 0. The lowest BCUT2D eigenvalue weighted by molar-refractivity contribution is -0.137. The Kier molecular flexibility index (Phi) is 2.69. The third kappa shape index (κ3) is 2.33. The Labute approximate surface area is 95.4 Å². The maximum absolute atomic E-state index is 12.5. The standard InChI is InChI=1S/C12H10F3NO/c1-7(17)4-8-6-16-11-3-2-9(5-10(8)11)12(13,14)15/h2-3,5-6,16H,4H2,1H3. The highest BCUT2D eigenvalue weighted by molar-refractivity contribution is 5.89. The number of alkyl halides is 3. The number of aromatic nitrogens is 1. The van der Waals surface area contributed by atoms with Crippen LogP contribution < -0.4 is 0 Å². The normalized spacial score (nSPS) is 12.0. The summed E-state index contributed by atoms with van der Waals surface area (Å²) in [5.74, 6) is -0.0803. The molecule has 0 amide bonds. The van der Waals surface area contributed by atoms with Crippen molar-refractivity contribution in [3.05, 3.63) is 35.5 Å². The number of hydrogen-bond acceptors (Lipinski definition) is 1. The van der Waals surface area contributed by atoms with Crippen molar-refractivity contribution in [3.63, 3.8) is 0 Å². The molecule has 2 aromatic rings. The second kappa shape index (κ2) is 3.91. The molecule has 0 radical (unpaired) electrons. The molecule has 0 atom stereocenters. The second-order valence-electron chi connectivity index (χ2n) is 3.95. The van der Waals surface area contributed by atoms with Gasteiger partial charge >= 0.3 is 6.18 Å². The molecule has 1 N–H and O–H groups in total. The Morgan fingerprint density at radius 1 is 1.35 bits per heavy atom. The van der Waals surface area contributed by atoms with Gasteiger partial charge in [-0.2, -0.15) is 13.2 Å². The van der Waals surface area contributed by atoms with Crippen LogP contribution >= 0.6 is 0 Å². The van der Waals surface area contributed by atoms with Gasteiger partial charge < -0.3 is 4.98 Å². The van der Waals surface area contributed by atoms with Crippen LogP contribution in [0.25, 0.3) is 10.9 Å². The summed E-state index contributed by atoms with van der Waals surface area (Å²) in [5.41, 5.74) is 0.502. The molecule has 0 saturated heterocycles. The summed E-state index contributed by atoms with van der Waals surface area (Å²) in [4.78, 5) is 13.9. The maximum atomic E-state index is 12.5. The minimum absolute atomic E-state index is 0.0803. The highest BCUT2D eigenvalue weighted by Gasteiger charge is 2.30. The summed E-state index contributed by atoms with van der Waals surface area (Å²) in [6.07, 6.45) is -2.65. The first kappa shape index (κ1) is 11.7. The molecule has 17 heavy (non-hydrogen) atoms. The number of aromatic amines is 1. The number of rotatable bonds is 2. The van der Waals surface area contributed by atoms with Gasteiger partial charge in [-0.05, 0) is 30.7 Å². The Hall–Kier alpha value is -1.78. The molecule has 0 aliphatic rings. The molecular formula is C12H10F3NO. The van der Waals surface area contributed by atoms with Gasteiger partial charge in [0.05, 0.1) is 5.56 Å².